The van der Waals surface area contributed by atoms with Crippen LogP contribution in [0.3, 0.4) is 0 Å². The standard InChI is InChI=1S/C25H25N5O4/c1-16-24(17(2)30(28-16)18-9-5-4-6-10-18)27-22(31)15-34-23(32)14-13-21-26-20-12-8-7-11-19(20)25(33)29(21)3/h4-12H,13-15H2,1-3H3,(H,27,31). The van der Waals surface area contributed by atoms with E-state index in [0.717, 1.165) is 11.4 Å². The van der Waals surface area contributed by atoms with E-state index in [9.17, 15) is 14.4 Å². The lowest BCUT2D eigenvalue weighted by molar-refractivity contribution is -0.147. The van der Waals surface area contributed by atoms with Crippen LogP contribution in [0, 0.1) is 13.8 Å². The van der Waals surface area contributed by atoms with Gasteiger partial charge in [-0.25, -0.2) is 9.67 Å². The highest BCUT2D eigenvalue weighted by Gasteiger charge is 2.17. The van der Waals surface area contributed by atoms with Gasteiger partial charge in [0.1, 0.15) is 5.82 Å². The number of para-hydroxylation sites is 2. The molecule has 174 valence electrons. The Bertz CT molecular complexity index is 1420. The molecule has 1 amide bonds. The molecule has 4 rings (SSSR count). The summed E-state index contributed by atoms with van der Waals surface area (Å²) < 4.78 is 8.31. The number of fused-ring (bicyclic) bond motifs is 1. The summed E-state index contributed by atoms with van der Waals surface area (Å²) in [6.45, 7) is 3.24. The molecule has 34 heavy (non-hydrogen) atoms. The number of aromatic nitrogens is 4. The molecule has 0 fully saturated rings. The van der Waals surface area contributed by atoms with Gasteiger partial charge in [0.05, 0.1) is 40.1 Å². The summed E-state index contributed by atoms with van der Waals surface area (Å²) in [5.74, 6) is -0.529. The fourth-order valence-electron chi connectivity index (χ4n) is 3.74. The number of hydrogen-bond acceptors (Lipinski definition) is 6. The van der Waals surface area contributed by atoms with Crippen molar-refractivity contribution in [2.45, 2.75) is 26.7 Å². The SMILES string of the molecule is Cc1nn(-c2ccccc2)c(C)c1NC(=O)COC(=O)CCc1nc2ccccc2c(=O)n1C. The molecular weight excluding hydrogens is 434 g/mol. The van der Waals surface area contributed by atoms with E-state index in [4.69, 9.17) is 4.74 Å². The fraction of sp³-hybridized carbons (Fsp3) is 0.240. The van der Waals surface area contributed by atoms with E-state index in [1.54, 1.807) is 42.9 Å². The highest BCUT2D eigenvalue weighted by molar-refractivity contribution is 5.94. The van der Waals surface area contributed by atoms with Crippen LogP contribution in [0.5, 0.6) is 0 Å². The van der Waals surface area contributed by atoms with Crippen molar-refractivity contribution in [1.29, 1.82) is 0 Å². The number of rotatable bonds is 7. The molecule has 1 N–H and O–H groups in total. The Kier molecular flexibility index (Phi) is 6.53. The van der Waals surface area contributed by atoms with E-state index in [2.05, 4.69) is 15.4 Å². The van der Waals surface area contributed by atoms with Crippen molar-refractivity contribution in [2.24, 2.45) is 7.05 Å². The number of carbonyl (C=O) groups excluding carboxylic acids is 2. The van der Waals surface area contributed by atoms with Crippen LogP contribution < -0.4 is 10.9 Å². The van der Waals surface area contributed by atoms with E-state index in [0.29, 0.717) is 28.1 Å². The number of nitrogens with zero attached hydrogens (tertiary/aromatic N) is 4. The number of ether oxygens (including phenoxy) is 1. The van der Waals surface area contributed by atoms with Gasteiger partial charge in [0.15, 0.2) is 6.61 Å². The summed E-state index contributed by atoms with van der Waals surface area (Å²) in [7, 11) is 1.62. The second-order valence-electron chi connectivity index (χ2n) is 7.91. The quantitative estimate of drug-likeness (QED) is 0.426. The first kappa shape index (κ1) is 22.9. The van der Waals surface area contributed by atoms with Gasteiger partial charge < -0.3 is 10.1 Å². The summed E-state index contributed by atoms with van der Waals surface area (Å²) >= 11 is 0. The van der Waals surface area contributed by atoms with E-state index in [1.165, 1.54) is 4.57 Å². The Balaban J connectivity index is 1.34. The van der Waals surface area contributed by atoms with Gasteiger partial charge in [0.25, 0.3) is 11.5 Å². The van der Waals surface area contributed by atoms with E-state index in [1.807, 2.05) is 37.3 Å². The van der Waals surface area contributed by atoms with Crippen molar-refractivity contribution in [3.05, 3.63) is 82.2 Å². The normalized spacial score (nSPS) is 10.9. The highest BCUT2D eigenvalue weighted by atomic mass is 16.5. The zero-order valence-corrected chi connectivity index (χ0v) is 19.2. The van der Waals surface area contributed by atoms with Gasteiger partial charge in [-0.05, 0) is 38.1 Å². The lowest BCUT2D eigenvalue weighted by Crippen LogP contribution is -2.24. The minimum absolute atomic E-state index is 0.00407. The van der Waals surface area contributed by atoms with Crippen molar-refractivity contribution in [1.82, 2.24) is 19.3 Å². The van der Waals surface area contributed by atoms with Gasteiger partial charge in [-0.1, -0.05) is 30.3 Å². The predicted molar refractivity (Wildman–Crippen MR) is 128 cm³/mol. The minimum Gasteiger partial charge on any atom is -0.456 e. The molecule has 0 bridgehead atoms. The molecule has 9 nitrogen and oxygen atoms in total. The molecule has 0 aliphatic rings. The van der Waals surface area contributed by atoms with E-state index < -0.39 is 18.5 Å². The lowest BCUT2D eigenvalue weighted by Gasteiger charge is -2.10. The number of carbonyl (C=O) groups is 2. The summed E-state index contributed by atoms with van der Waals surface area (Å²) in [6, 6.07) is 16.6. The first-order chi connectivity index (χ1) is 16.3. The fourth-order valence-corrected chi connectivity index (χ4v) is 3.74. The smallest absolute Gasteiger partial charge is 0.306 e. The minimum atomic E-state index is -0.550. The molecule has 0 saturated carbocycles. The molecule has 9 heteroatoms. The number of amides is 1. The van der Waals surface area contributed by atoms with Crippen LogP contribution in [0.1, 0.15) is 23.6 Å². The zero-order valence-electron chi connectivity index (χ0n) is 19.2. The Morgan fingerprint density at radius 3 is 2.50 bits per heavy atom. The van der Waals surface area contributed by atoms with Crippen molar-refractivity contribution >= 4 is 28.5 Å². The van der Waals surface area contributed by atoms with Gasteiger partial charge in [0.2, 0.25) is 0 Å². The summed E-state index contributed by atoms with van der Waals surface area (Å²) in [5.41, 5.74) is 3.30. The number of anilines is 1. The average Bonchev–Trinajstić information content (AvgIpc) is 3.13. The summed E-state index contributed by atoms with van der Waals surface area (Å²) in [5, 5.41) is 7.79. The molecule has 0 saturated heterocycles. The van der Waals surface area contributed by atoms with Gasteiger partial charge in [-0.15, -0.1) is 0 Å². The van der Waals surface area contributed by atoms with Crippen LogP contribution in [0.2, 0.25) is 0 Å². The van der Waals surface area contributed by atoms with Crippen molar-refractivity contribution in [3.63, 3.8) is 0 Å². The molecule has 0 unspecified atom stereocenters. The van der Waals surface area contributed by atoms with Crippen molar-refractivity contribution < 1.29 is 14.3 Å². The zero-order chi connectivity index (χ0) is 24.2. The summed E-state index contributed by atoms with van der Waals surface area (Å²) in [6.07, 6.45) is 0.217. The van der Waals surface area contributed by atoms with E-state index in [-0.39, 0.29) is 18.4 Å². The maximum Gasteiger partial charge on any atom is 0.306 e. The third kappa shape index (κ3) is 4.73. The third-order valence-corrected chi connectivity index (χ3v) is 5.55. The number of aryl methyl sites for hydroxylation is 2. The molecule has 0 radical (unpaired) electrons. The van der Waals surface area contributed by atoms with Crippen molar-refractivity contribution in [2.75, 3.05) is 11.9 Å². The predicted octanol–water partition coefficient (Wildman–Crippen LogP) is 2.85. The third-order valence-electron chi connectivity index (χ3n) is 5.55. The average molecular weight is 460 g/mol. The monoisotopic (exact) mass is 459 g/mol. The number of nitrogens with one attached hydrogen (secondary N) is 1. The lowest BCUT2D eigenvalue weighted by atomic mass is 10.2. The second-order valence-corrected chi connectivity index (χ2v) is 7.91. The maximum atomic E-state index is 12.5. The Hall–Kier alpha value is -4.27. The van der Waals surface area contributed by atoms with E-state index >= 15 is 0 Å². The molecule has 2 aromatic carbocycles. The summed E-state index contributed by atoms with van der Waals surface area (Å²) in [4.78, 5) is 41.6. The first-order valence-electron chi connectivity index (χ1n) is 10.9. The Morgan fingerprint density at radius 1 is 1.03 bits per heavy atom. The second kappa shape index (κ2) is 9.70. The highest BCUT2D eigenvalue weighted by Crippen LogP contribution is 2.22. The molecule has 0 atom stereocenters. The molecule has 0 spiro atoms. The van der Waals surface area contributed by atoms with Crippen LogP contribution in [-0.2, 0) is 27.8 Å². The first-order valence-corrected chi connectivity index (χ1v) is 10.9. The van der Waals surface area contributed by atoms with Crippen LogP contribution in [0.15, 0.2) is 59.4 Å². The van der Waals surface area contributed by atoms with Crippen LogP contribution in [-0.4, -0.2) is 37.8 Å². The largest absolute Gasteiger partial charge is 0.456 e. The molecule has 0 aliphatic carbocycles. The van der Waals surface area contributed by atoms with Gasteiger partial charge in [-0.2, -0.15) is 5.10 Å². The topological polar surface area (TPSA) is 108 Å². The Morgan fingerprint density at radius 2 is 1.74 bits per heavy atom. The van der Waals surface area contributed by atoms with Gasteiger partial charge >= 0.3 is 5.97 Å². The Labute approximate surface area is 196 Å². The molecule has 2 heterocycles. The molecule has 0 aliphatic heterocycles. The van der Waals surface area contributed by atoms with Crippen LogP contribution in [0.25, 0.3) is 16.6 Å². The van der Waals surface area contributed by atoms with Crippen LogP contribution >= 0.6 is 0 Å². The number of hydrogen-bond donors (Lipinski definition) is 1. The van der Waals surface area contributed by atoms with Gasteiger partial charge in [0, 0.05) is 13.5 Å². The van der Waals surface area contributed by atoms with Crippen LogP contribution in [0.4, 0.5) is 5.69 Å². The van der Waals surface area contributed by atoms with Gasteiger partial charge in [-0.3, -0.25) is 19.0 Å². The maximum absolute atomic E-state index is 12.5. The molecule has 2 aromatic heterocycles. The number of benzene rings is 2. The molecule has 4 aromatic rings. The number of esters is 1. The van der Waals surface area contributed by atoms with Crippen molar-refractivity contribution in [3.8, 4) is 5.69 Å². The molecular formula is C25H25N5O4.